The maximum Gasteiger partial charge on any atom is 0.231 e. The highest BCUT2D eigenvalue weighted by atomic mass is 16.7. The molecule has 3 aromatic rings. The zero-order valence-electron chi connectivity index (χ0n) is 17.0. The van der Waals surface area contributed by atoms with E-state index in [9.17, 15) is 0 Å². The molecule has 0 saturated carbocycles. The first-order valence-corrected chi connectivity index (χ1v) is 10.7. The van der Waals surface area contributed by atoms with Crippen molar-refractivity contribution in [2.24, 2.45) is 0 Å². The summed E-state index contributed by atoms with van der Waals surface area (Å²) in [5.41, 5.74) is 1.97. The summed E-state index contributed by atoms with van der Waals surface area (Å²) in [5.74, 6) is 3.14. The lowest BCUT2D eigenvalue weighted by Gasteiger charge is -2.26. The van der Waals surface area contributed by atoms with E-state index in [-0.39, 0.29) is 6.79 Å². The van der Waals surface area contributed by atoms with E-state index in [0.717, 1.165) is 46.9 Å². The monoisotopic (exact) mass is 402 g/mol. The third-order valence-corrected chi connectivity index (χ3v) is 5.61. The minimum atomic E-state index is 0.281. The summed E-state index contributed by atoms with van der Waals surface area (Å²) >= 11 is 0. The molecule has 1 aromatic heterocycles. The quantitative estimate of drug-likeness (QED) is 0.658. The third-order valence-electron chi connectivity index (χ3n) is 5.61. The number of fused-ring (bicyclic) bond motifs is 2. The van der Waals surface area contributed by atoms with Crippen LogP contribution in [0.2, 0.25) is 0 Å². The molecule has 0 radical (unpaired) electrons. The van der Waals surface area contributed by atoms with E-state index in [2.05, 4.69) is 16.3 Å². The largest absolute Gasteiger partial charge is 0.454 e. The van der Waals surface area contributed by atoms with Gasteiger partial charge in [0.15, 0.2) is 17.3 Å². The van der Waals surface area contributed by atoms with Crippen LogP contribution in [0.1, 0.15) is 30.7 Å². The fourth-order valence-electron chi connectivity index (χ4n) is 4.01. The molecule has 0 bridgehead atoms. The maximum absolute atomic E-state index is 5.46. The predicted molar refractivity (Wildman–Crippen MR) is 120 cm³/mol. The summed E-state index contributed by atoms with van der Waals surface area (Å²) in [6, 6.07) is 14.0. The second-order valence-corrected chi connectivity index (χ2v) is 7.72. The summed E-state index contributed by atoms with van der Waals surface area (Å²) in [7, 11) is 0. The van der Waals surface area contributed by atoms with Gasteiger partial charge in [-0.2, -0.15) is 0 Å². The lowest BCUT2D eigenvalue weighted by Crippen LogP contribution is -2.33. The highest BCUT2D eigenvalue weighted by molar-refractivity contribution is 5.90. The van der Waals surface area contributed by atoms with E-state index in [4.69, 9.17) is 19.4 Å². The number of likely N-dealkylation sites (tertiary alicyclic amines) is 1. The van der Waals surface area contributed by atoms with Crippen molar-refractivity contribution in [3.8, 4) is 11.5 Å². The van der Waals surface area contributed by atoms with E-state index in [1.807, 2.05) is 48.6 Å². The van der Waals surface area contributed by atoms with Crippen LogP contribution in [0.5, 0.6) is 11.5 Å². The Balaban J connectivity index is 1.34. The van der Waals surface area contributed by atoms with Crippen molar-refractivity contribution < 1.29 is 9.47 Å². The van der Waals surface area contributed by atoms with Crippen LogP contribution in [0.25, 0.3) is 23.1 Å². The molecular weight excluding hydrogens is 376 g/mol. The van der Waals surface area contributed by atoms with Crippen molar-refractivity contribution in [3.63, 3.8) is 0 Å². The Morgan fingerprint density at radius 3 is 2.73 bits per heavy atom. The number of benzene rings is 2. The lowest BCUT2D eigenvalue weighted by atomic mass is 10.1. The van der Waals surface area contributed by atoms with Gasteiger partial charge in [0.2, 0.25) is 6.79 Å². The van der Waals surface area contributed by atoms with Gasteiger partial charge in [-0.3, -0.25) is 0 Å². The van der Waals surface area contributed by atoms with Crippen molar-refractivity contribution in [2.45, 2.75) is 19.3 Å². The number of rotatable bonds is 6. The summed E-state index contributed by atoms with van der Waals surface area (Å²) in [4.78, 5) is 12.0. The van der Waals surface area contributed by atoms with E-state index in [1.54, 1.807) is 0 Å². The molecule has 2 aliphatic heterocycles. The van der Waals surface area contributed by atoms with Gasteiger partial charge in [-0.1, -0.05) is 30.7 Å². The van der Waals surface area contributed by atoms with Crippen LogP contribution in [0.3, 0.4) is 0 Å². The van der Waals surface area contributed by atoms with Crippen molar-refractivity contribution >= 4 is 28.9 Å². The predicted octanol–water partition coefficient (Wildman–Crippen LogP) is 4.43. The highest BCUT2D eigenvalue weighted by Gasteiger charge is 2.13. The van der Waals surface area contributed by atoms with Gasteiger partial charge < -0.3 is 19.7 Å². The first-order chi connectivity index (χ1) is 14.8. The SMILES string of the molecule is C(=C\c1nc(NCCN2CCCCC2)c2ccccc2n1)/c1ccc2c(c1)OCO2. The summed E-state index contributed by atoms with van der Waals surface area (Å²) < 4.78 is 10.8. The van der Waals surface area contributed by atoms with Crippen LogP contribution >= 0.6 is 0 Å². The van der Waals surface area contributed by atoms with Crippen LogP contribution in [0, 0.1) is 0 Å². The molecule has 1 N–H and O–H groups in total. The molecule has 5 rings (SSSR count). The highest BCUT2D eigenvalue weighted by Crippen LogP contribution is 2.33. The van der Waals surface area contributed by atoms with E-state index in [0.29, 0.717) is 5.82 Å². The minimum absolute atomic E-state index is 0.281. The second kappa shape index (κ2) is 8.71. The van der Waals surface area contributed by atoms with Gasteiger partial charge in [0, 0.05) is 18.5 Å². The Labute approximate surface area is 176 Å². The smallest absolute Gasteiger partial charge is 0.231 e. The fourth-order valence-corrected chi connectivity index (χ4v) is 4.01. The summed E-state index contributed by atoms with van der Waals surface area (Å²) in [6.45, 7) is 4.61. The van der Waals surface area contributed by atoms with Crippen LogP contribution in [0.4, 0.5) is 5.82 Å². The number of hydrogen-bond donors (Lipinski definition) is 1. The van der Waals surface area contributed by atoms with Crippen LogP contribution in [0.15, 0.2) is 42.5 Å². The zero-order valence-corrected chi connectivity index (χ0v) is 17.0. The van der Waals surface area contributed by atoms with Gasteiger partial charge >= 0.3 is 0 Å². The number of piperidine rings is 1. The normalized spacial score (nSPS) is 16.4. The average molecular weight is 402 g/mol. The van der Waals surface area contributed by atoms with Crippen molar-refractivity contribution in [1.82, 2.24) is 14.9 Å². The number of ether oxygens (including phenoxy) is 2. The summed E-state index contributed by atoms with van der Waals surface area (Å²) in [6.07, 6.45) is 7.93. The molecule has 1 fully saturated rings. The number of nitrogens with one attached hydrogen (secondary N) is 1. The molecule has 0 aliphatic carbocycles. The van der Waals surface area contributed by atoms with Crippen LogP contribution in [-0.2, 0) is 0 Å². The van der Waals surface area contributed by atoms with Crippen molar-refractivity contribution in [3.05, 3.63) is 53.9 Å². The van der Waals surface area contributed by atoms with Gasteiger partial charge in [0.05, 0.1) is 5.52 Å². The number of anilines is 1. The van der Waals surface area contributed by atoms with E-state index in [1.165, 1.54) is 32.4 Å². The third kappa shape index (κ3) is 4.24. The Morgan fingerprint density at radius 1 is 0.933 bits per heavy atom. The molecule has 2 aliphatic rings. The molecule has 0 unspecified atom stereocenters. The van der Waals surface area contributed by atoms with Gasteiger partial charge in [-0.15, -0.1) is 0 Å². The molecule has 1 saturated heterocycles. The molecule has 0 amide bonds. The molecule has 0 spiro atoms. The Hall–Kier alpha value is -3.12. The number of para-hydroxylation sites is 1. The van der Waals surface area contributed by atoms with Crippen LogP contribution in [-0.4, -0.2) is 47.8 Å². The number of nitrogens with zero attached hydrogens (tertiary/aromatic N) is 3. The molecule has 154 valence electrons. The Morgan fingerprint density at radius 2 is 1.80 bits per heavy atom. The van der Waals surface area contributed by atoms with Gasteiger partial charge in [-0.05, 0) is 61.8 Å². The Bertz CT molecular complexity index is 1060. The van der Waals surface area contributed by atoms with Gasteiger partial charge in [0.25, 0.3) is 0 Å². The van der Waals surface area contributed by atoms with Crippen molar-refractivity contribution in [1.29, 1.82) is 0 Å². The number of hydrogen-bond acceptors (Lipinski definition) is 6. The zero-order chi connectivity index (χ0) is 20.2. The lowest BCUT2D eigenvalue weighted by molar-refractivity contribution is 0.174. The van der Waals surface area contributed by atoms with Gasteiger partial charge in [-0.25, -0.2) is 9.97 Å². The van der Waals surface area contributed by atoms with Crippen molar-refractivity contribution in [2.75, 3.05) is 38.3 Å². The first-order valence-electron chi connectivity index (χ1n) is 10.7. The second-order valence-electron chi connectivity index (χ2n) is 7.72. The molecular formula is C24H26N4O2. The van der Waals surface area contributed by atoms with E-state index >= 15 is 0 Å². The summed E-state index contributed by atoms with van der Waals surface area (Å²) in [5, 5.41) is 4.60. The topological polar surface area (TPSA) is 59.5 Å². The van der Waals surface area contributed by atoms with Crippen LogP contribution < -0.4 is 14.8 Å². The molecule has 3 heterocycles. The molecule has 6 heteroatoms. The molecule has 2 aromatic carbocycles. The molecule has 0 atom stereocenters. The molecule has 30 heavy (non-hydrogen) atoms. The fraction of sp³-hybridized carbons (Fsp3) is 0.333. The van der Waals surface area contributed by atoms with E-state index < -0.39 is 0 Å². The first kappa shape index (κ1) is 18.9. The minimum Gasteiger partial charge on any atom is -0.454 e. The van der Waals surface area contributed by atoms with Gasteiger partial charge in [0.1, 0.15) is 5.82 Å². The Kier molecular flexibility index (Phi) is 5.48. The standard InChI is InChI=1S/C24H26N4O2/c1-4-13-28(14-5-1)15-12-25-24-19-6-2-3-7-20(19)26-23(27-24)11-9-18-8-10-21-22(16-18)30-17-29-21/h2-3,6-11,16H,1,4-5,12-15,17H2,(H,25,26,27)/b11-9+. The molecule has 6 nitrogen and oxygen atoms in total. The number of aromatic nitrogens is 2. The maximum atomic E-state index is 5.46. The average Bonchev–Trinajstić information content (AvgIpc) is 3.26.